The van der Waals surface area contributed by atoms with E-state index in [0.717, 1.165) is 12.0 Å². The lowest BCUT2D eigenvalue weighted by molar-refractivity contribution is -0.143. The van der Waals surface area contributed by atoms with Crippen LogP contribution in [0.3, 0.4) is 0 Å². The van der Waals surface area contributed by atoms with Gasteiger partial charge in [-0.2, -0.15) is 0 Å². The molecule has 1 N–H and O–H groups in total. The molecule has 29 heavy (non-hydrogen) atoms. The van der Waals surface area contributed by atoms with Gasteiger partial charge in [-0.25, -0.2) is 4.98 Å². The van der Waals surface area contributed by atoms with E-state index in [2.05, 4.69) is 10.3 Å². The molecule has 1 saturated heterocycles. The molecule has 1 aliphatic rings. The lowest BCUT2D eigenvalue weighted by Crippen LogP contribution is -2.28. The molecule has 0 radical (unpaired) electrons. The summed E-state index contributed by atoms with van der Waals surface area (Å²) < 4.78 is 5.16. The lowest BCUT2D eigenvalue weighted by Gasteiger charge is -2.10. The number of ether oxygens (including phenoxy) is 1. The Morgan fingerprint density at radius 3 is 2.79 bits per heavy atom. The van der Waals surface area contributed by atoms with E-state index in [-0.39, 0.29) is 31.4 Å². The Labute approximate surface area is 174 Å². The van der Waals surface area contributed by atoms with E-state index < -0.39 is 5.97 Å². The molecule has 0 aliphatic carbocycles. The third-order valence-corrected chi connectivity index (χ3v) is 5.53. The Hall–Kier alpha value is -2.74. The fourth-order valence-electron chi connectivity index (χ4n) is 3.01. The van der Waals surface area contributed by atoms with E-state index >= 15 is 0 Å². The molecule has 2 heterocycles. The number of amides is 2. The number of nitrogens with one attached hydrogen (secondary N) is 1. The quantitative estimate of drug-likeness (QED) is 0.502. The molecule has 0 saturated carbocycles. The summed E-state index contributed by atoms with van der Waals surface area (Å²) in [5, 5.41) is 5.16. The van der Waals surface area contributed by atoms with Crippen LogP contribution in [0.5, 0.6) is 0 Å². The van der Waals surface area contributed by atoms with Crippen molar-refractivity contribution in [3.05, 3.63) is 46.5 Å². The van der Waals surface area contributed by atoms with E-state index in [1.54, 1.807) is 10.3 Å². The van der Waals surface area contributed by atoms with E-state index in [0.29, 0.717) is 36.6 Å². The van der Waals surface area contributed by atoms with Crippen molar-refractivity contribution in [2.24, 2.45) is 0 Å². The van der Waals surface area contributed by atoms with Gasteiger partial charge in [0.25, 0.3) is 0 Å². The summed E-state index contributed by atoms with van der Waals surface area (Å²) in [5.74, 6) is -0.392. The Kier molecular flexibility index (Phi) is 7.35. The zero-order valence-corrected chi connectivity index (χ0v) is 17.3. The smallest absolute Gasteiger partial charge is 0.311 e. The van der Waals surface area contributed by atoms with Crippen LogP contribution in [0.25, 0.3) is 0 Å². The molecule has 0 bridgehead atoms. The summed E-state index contributed by atoms with van der Waals surface area (Å²) in [6.07, 6.45) is 2.52. The average Bonchev–Trinajstić information content (AvgIpc) is 3.33. The SMILES string of the molecule is Cc1ccc(CCC(=O)NCCOC(=O)Cc2csc(N3CCCC3=O)n2)cc1. The van der Waals surface area contributed by atoms with Gasteiger partial charge in [-0.15, -0.1) is 11.3 Å². The van der Waals surface area contributed by atoms with Crippen molar-refractivity contribution in [3.63, 3.8) is 0 Å². The molecule has 0 spiro atoms. The number of rotatable bonds is 9. The van der Waals surface area contributed by atoms with Gasteiger partial charge in [0.15, 0.2) is 5.13 Å². The first-order valence-electron chi connectivity index (χ1n) is 9.74. The van der Waals surface area contributed by atoms with Gasteiger partial charge in [-0.1, -0.05) is 29.8 Å². The predicted molar refractivity (Wildman–Crippen MR) is 111 cm³/mol. The maximum Gasteiger partial charge on any atom is 0.311 e. The van der Waals surface area contributed by atoms with Crippen molar-refractivity contribution >= 4 is 34.3 Å². The van der Waals surface area contributed by atoms with E-state index in [1.807, 2.05) is 31.2 Å². The van der Waals surface area contributed by atoms with Gasteiger partial charge < -0.3 is 10.1 Å². The van der Waals surface area contributed by atoms with Gasteiger partial charge in [0.2, 0.25) is 11.8 Å². The highest BCUT2D eigenvalue weighted by atomic mass is 32.1. The van der Waals surface area contributed by atoms with Crippen molar-refractivity contribution in [1.82, 2.24) is 10.3 Å². The van der Waals surface area contributed by atoms with Gasteiger partial charge in [0, 0.05) is 24.8 Å². The van der Waals surface area contributed by atoms with Gasteiger partial charge in [0.05, 0.1) is 18.7 Å². The normalized spacial score (nSPS) is 13.6. The van der Waals surface area contributed by atoms with Crippen LogP contribution in [0.2, 0.25) is 0 Å². The van der Waals surface area contributed by atoms with Gasteiger partial charge in [0.1, 0.15) is 6.61 Å². The number of nitrogens with zero attached hydrogens (tertiary/aromatic N) is 2. The highest BCUT2D eigenvalue weighted by Crippen LogP contribution is 2.25. The summed E-state index contributed by atoms with van der Waals surface area (Å²) in [7, 11) is 0. The lowest BCUT2D eigenvalue weighted by atomic mass is 10.1. The highest BCUT2D eigenvalue weighted by Gasteiger charge is 2.24. The first-order chi connectivity index (χ1) is 14.0. The average molecular weight is 416 g/mol. The third-order valence-electron chi connectivity index (χ3n) is 4.62. The van der Waals surface area contributed by atoms with Crippen molar-refractivity contribution in [2.75, 3.05) is 24.6 Å². The molecular weight excluding hydrogens is 390 g/mol. The number of thiazole rings is 1. The van der Waals surface area contributed by atoms with Crippen molar-refractivity contribution in [2.45, 2.75) is 39.0 Å². The molecular formula is C21H25N3O4S. The Balaban J connectivity index is 1.30. The van der Waals surface area contributed by atoms with Gasteiger partial charge >= 0.3 is 5.97 Å². The molecule has 1 aromatic carbocycles. The van der Waals surface area contributed by atoms with E-state index in [9.17, 15) is 14.4 Å². The molecule has 1 aromatic heterocycles. The molecule has 1 fully saturated rings. The van der Waals surface area contributed by atoms with Gasteiger partial charge in [-0.3, -0.25) is 19.3 Å². The zero-order valence-electron chi connectivity index (χ0n) is 16.5. The molecule has 154 valence electrons. The Bertz CT molecular complexity index is 863. The van der Waals surface area contributed by atoms with Crippen molar-refractivity contribution < 1.29 is 19.1 Å². The van der Waals surface area contributed by atoms with Crippen LogP contribution >= 0.6 is 11.3 Å². The van der Waals surface area contributed by atoms with E-state index in [1.165, 1.54) is 16.9 Å². The zero-order chi connectivity index (χ0) is 20.6. The van der Waals surface area contributed by atoms with Crippen LogP contribution in [0, 0.1) is 6.92 Å². The van der Waals surface area contributed by atoms with Crippen LogP contribution in [0.15, 0.2) is 29.6 Å². The Morgan fingerprint density at radius 1 is 1.28 bits per heavy atom. The number of aromatic nitrogens is 1. The topological polar surface area (TPSA) is 88.6 Å². The van der Waals surface area contributed by atoms with Crippen molar-refractivity contribution in [1.29, 1.82) is 0 Å². The van der Waals surface area contributed by atoms with Crippen LogP contribution in [0.4, 0.5) is 5.13 Å². The number of carbonyl (C=O) groups is 3. The monoisotopic (exact) mass is 415 g/mol. The van der Waals surface area contributed by atoms with Crippen LogP contribution in [-0.4, -0.2) is 42.5 Å². The largest absolute Gasteiger partial charge is 0.464 e. The van der Waals surface area contributed by atoms with E-state index in [4.69, 9.17) is 4.74 Å². The molecule has 0 atom stereocenters. The summed E-state index contributed by atoms with van der Waals surface area (Å²) in [5.41, 5.74) is 2.91. The molecule has 2 amide bonds. The maximum atomic E-state index is 11.9. The molecule has 0 unspecified atom stereocenters. The minimum absolute atomic E-state index is 0.0555. The Morgan fingerprint density at radius 2 is 2.07 bits per heavy atom. The first kappa shape index (κ1) is 21.0. The standard InChI is InChI=1S/C21H25N3O4S/c1-15-4-6-16(7-5-15)8-9-18(25)22-10-12-28-20(27)13-17-14-29-21(23-17)24-11-2-3-19(24)26/h4-7,14H,2-3,8-13H2,1H3,(H,22,25). The second-order valence-electron chi connectivity index (χ2n) is 7.00. The number of hydrogen-bond acceptors (Lipinski definition) is 6. The maximum absolute atomic E-state index is 11.9. The van der Waals surface area contributed by atoms with Crippen LogP contribution in [0.1, 0.15) is 36.1 Å². The number of aryl methyl sites for hydroxylation is 2. The van der Waals surface area contributed by atoms with Crippen molar-refractivity contribution in [3.8, 4) is 0 Å². The summed E-state index contributed by atoms with van der Waals surface area (Å²) >= 11 is 1.36. The molecule has 2 aromatic rings. The second-order valence-corrected chi connectivity index (χ2v) is 7.84. The predicted octanol–water partition coefficient (Wildman–Crippen LogP) is 2.41. The third kappa shape index (κ3) is 6.39. The van der Waals surface area contributed by atoms with Crippen LogP contribution < -0.4 is 10.2 Å². The number of hydrogen-bond donors (Lipinski definition) is 1. The number of anilines is 1. The highest BCUT2D eigenvalue weighted by molar-refractivity contribution is 7.14. The van der Waals surface area contributed by atoms with Gasteiger partial charge in [-0.05, 0) is 25.3 Å². The minimum atomic E-state index is -0.400. The summed E-state index contributed by atoms with van der Waals surface area (Å²) in [4.78, 5) is 41.6. The molecule has 7 nitrogen and oxygen atoms in total. The molecule has 1 aliphatic heterocycles. The number of carbonyl (C=O) groups excluding carboxylic acids is 3. The molecule has 8 heteroatoms. The summed E-state index contributed by atoms with van der Waals surface area (Å²) in [6.45, 7) is 3.11. The number of benzene rings is 1. The molecule has 3 rings (SSSR count). The fraction of sp³-hybridized carbons (Fsp3) is 0.429. The second kappa shape index (κ2) is 10.2. The first-order valence-corrected chi connectivity index (χ1v) is 10.6. The van der Waals surface area contributed by atoms with Crippen LogP contribution in [-0.2, 0) is 32.0 Å². The minimum Gasteiger partial charge on any atom is -0.464 e. The summed E-state index contributed by atoms with van der Waals surface area (Å²) in [6, 6.07) is 8.10. The number of esters is 1. The fourth-order valence-corrected chi connectivity index (χ4v) is 3.87.